The lowest BCUT2D eigenvalue weighted by atomic mass is 10.3. The van der Waals surface area contributed by atoms with Crippen molar-refractivity contribution >= 4 is 28.5 Å². The minimum atomic E-state index is -0.455. The Bertz CT molecular complexity index is 770. The van der Waals surface area contributed by atoms with E-state index in [2.05, 4.69) is 4.98 Å². The smallest absolute Gasteiger partial charge is 0.310 e. The molecule has 0 amide bonds. The molecule has 0 unspecified atom stereocenters. The number of aromatic nitrogens is 1. The van der Waals surface area contributed by atoms with Crippen molar-refractivity contribution in [2.45, 2.75) is 5.22 Å². The lowest BCUT2D eigenvalue weighted by Gasteiger charge is -2.05. The van der Waals surface area contributed by atoms with Crippen molar-refractivity contribution in [3.63, 3.8) is 0 Å². The van der Waals surface area contributed by atoms with Gasteiger partial charge in [0.25, 0.3) is 5.22 Å². The Hall–Kier alpha value is -2.54. The largest absolute Gasteiger partial charge is 0.486 e. The second-order valence-corrected chi connectivity index (χ2v) is 5.42. The first-order valence-corrected chi connectivity index (χ1v) is 7.57. The Balaban J connectivity index is 1.56. The van der Waals surface area contributed by atoms with Gasteiger partial charge in [0, 0.05) is 11.8 Å². The van der Waals surface area contributed by atoms with Crippen LogP contribution in [0.15, 0.2) is 58.2 Å². The molecule has 3 aromatic rings. The first-order valence-electron chi connectivity index (χ1n) is 6.58. The average Bonchev–Trinajstić information content (AvgIpc) is 2.94. The van der Waals surface area contributed by atoms with E-state index in [-0.39, 0.29) is 11.4 Å². The summed E-state index contributed by atoms with van der Waals surface area (Å²) in [6.45, 7) is 0.328. The number of rotatable bonds is 6. The molecule has 2 aromatic carbocycles. The summed E-state index contributed by atoms with van der Waals surface area (Å²) in [5.74, 6) is 0.851. The van der Waals surface area contributed by atoms with Gasteiger partial charge in [0.2, 0.25) is 0 Å². The summed E-state index contributed by atoms with van der Waals surface area (Å²) in [6, 6.07) is 13.8. The highest BCUT2D eigenvalue weighted by molar-refractivity contribution is 7.99. The number of nitrogens with zero attached hydrogens (tertiary/aromatic N) is 2. The van der Waals surface area contributed by atoms with Gasteiger partial charge in [-0.05, 0) is 18.2 Å². The number of nitro groups is 1. The third kappa shape index (κ3) is 3.20. The van der Waals surface area contributed by atoms with Gasteiger partial charge in [0.15, 0.2) is 11.3 Å². The molecule has 1 heterocycles. The summed E-state index contributed by atoms with van der Waals surface area (Å²) in [5.41, 5.74) is 1.52. The number of benzene rings is 2. The summed E-state index contributed by atoms with van der Waals surface area (Å²) in [5, 5.41) is 11.4. The van der Waals surface area contributed by atoms with Crippen molar-refractivity contribution in [1.29, 1.82) is 0 Å². The minimum absolute atomic E-state index is 0.0330. The molecule has 0 aliphatic carbocycles. The number of hydrogen-bond acceptors (Lipinski definition) is 6. The van der Waals surface area contributed by atoms with Crippen LogP contribution in [0.3, 0.4) is 0 Å². The maximum absolute atomic E-state index is 10.9. The van der Waals surface area contributed by atoms with Crippen LogP contribution in [-0.2, 0) is 0 Å². The van der Waals surface area contributed by atoms with E-state index >= 15 is 0 Å². The van der Waals surface area contributed by atoms with Crippen molar-refractivity contribution in [2.75, 3.05) is 12.4 Å². The maximum atomic E-state index is 10.9. The van der Waals surface area contributed by atoms with Gasteiger partial charge in [-0.15, -0.1) is 0 Å². The van der Waals surface area contributed by atoms with E-state index in [4.69, 9.17) is 9.15 Å². The molecular weight excluding hydrogens is 304 g/mol. The van der Waals surface area contributed by atoms with Crippen LogP contribution in [0.5, 0.6) is 5.75 Å². The predicted octanol–water partition coefficient (Wildman–Crippen LogP) is 3.91. The Morgan fingerprint density at radius 2 is 1.95 bits per heavy atom. The van der Waals surface area contributed by atoms with Crippen LogP contribution in [0.2, 0.25) is 0 Å². The molecule has 7 heteroatoms. The molecule has 1 aromatic heterocycles. The van der Waals surface area contributed by atoms with Gasteiger partial charge < -0.3 is 9.15 Å². The summed E-state index contributed by atoms with van der Waals surface area (Å²) < 4.78 is 11.0. The molecule has 0 aliphatic rings. The van der Waals surface area contributed by atoms with Gasteiger partial charge in [0.1, 0.15) is 5.52 Å². The van der Waals surface area contributed by atoms with Crippen molar-refractivity contribution in [1.82, 2.24) is 4.98 Å². The first kappa shape index (κ1) is 14.4. The normalized spacial score (nSPS) is 10.7. The third-order valence-corrected chi connectivity index (χ3v) is 3.70. The Morgan fingerprint density at radius 1 is 1.18 bits per heavy atom. The molecule has 22 heavy (non-hydrogen) atoms. The van der Waals surface area contributed by atoms with E-state index < -0.39 is 4.92 Å². The zero-order chi connectivity index (χ0) is 15.4. The SMILES string of the molecule is O=[N+]([O-])c1ccccc1OCCSc1nc2ccccc2o1. The lowest BCUT2D eigenvalue weighted by Crippen LogP contribution is -2.02. The van der Waals surface area contributed by atoms with Crippen LogP contribution in [0.4, 0.5) is 5.69 Å². The lowest BCUT2D eigenvalue weighted by molar-refractivity contribution is -0.385. The van der Waals surface area contributed by atoms with Crippen LogP contribution in [0.25, 0.3) is 11.1 Å². The Labute approximate surface area is 130 Å². The molecule has 0 bridgehead atoms. The fraction of sp³-hybridized carbons (Fsp3) is 0.133. The molecule has 0 atom stereocenters. The molecule has 0 saturated carbocycles. The van der Waals surface area contributed by atoms with Gasteiger partial charge >= 0.3 is 5.69 Å². The van der Waals surface area contributed by atoms with E-state index in [1.807, 2.05) is 24.3 Å². The van der Waals surface area contributed by atoms with Crippen molar-refractivity contribution in [2.24, 2.45) is 0 Å². The number of ether oxygens (including phenoxy) is 1. The zero-order valence-corrected chi connectivity index (χ0v) is 12.3. The molecule has 0 spiro atoms. The summed E-state index contributed by atoms with van der Waals surface area (Å²) in [4.78, 5) is 14.8. The minimum Gasteiger partial charge on any atom is -0.486 e. The summed E-state index contributed by atoms with van der Waals surface area (Å²) in [6.07, 6.45) is 0. The van der Waals surface area contributed by atoms with Crippen LogP contribution in [-0.4, -0.2) is 22.3 Å². The molecule has 0 fully saturated rings. The molecule has 0 aliphatic heterocycles. The monoisotopic (exact) mass is 316 g/mol. The number of thioether (sulfide) groups is 1. The van der Waals surface area contributed by atoms with E-state index in [9.17, 15) is 10.1 Å². The highest BCUT2D eigenvalue weighted by Gasteiger charge is 2.13. The first-order chi connectivity index (χ1) is 10.7. The van der Waals surface area contributed by atoms with Crippen LogP contribution in [0.1, 0.15) is 0 Å². The fourth-order valence-corrected chi connectivity index (χ4v) is 2.58. The third-order valence-electron chi connectivity index (χ3n) is 2.90. The van der Waals surface area contributed by atoms with E-state index in [0.29, 0.717) is 17.6 Å². The second-order valence-electron chi connectivity index (χ2n) is 4.37. The quantitative estimate of drug-likeness (QED) is 0.297. The Kier molecular flexibility index (Phi) is 4.24. The molecule has 0 saturated heterocycles. The van der Waals surface area contributed by atoms with Gasteiger partial charge in [-0.2, -0.15) is 0 Å². The highest BCUT2D eigenvalue weighted by atomic mass is 32.2. The number of nitro benzene ring substituents is 1. The van der Waals surface area contributed by atoms with E-state index in [1.54, 1.807) is 18.2 Å². The number of fused-ring (bicyclic) bond motifs is 1. The zero-order valence-electron chi connectivity index (χ0n) is 11.5. The van der Waals surface area contributed by atoms with E-state index in [0.717, 1.165) is 11.1 Å². The van der Waals surface area contributed by atoms with Gasteiger partial charge in [-0.3, -0.25) is 10.1 Å². The summed E-state index contributed by atoms with van der Waals surface area (Å²) >= 11 is 1.41. The number of hydrogen-bond donors (Lipinski definition) is 0. The van der Waals surface area contributed by atoms with Crippen LogP contribution < -0.4 is 4.74 Å². The van der Waals surface area contributed by atoms with Gasteiger partial charge in [-0.1, -0.05) is 36.0 Å². The maximum Gasteiger partial charge on any atom is 0.310 e. The standard InChI is InChI=1S/C15H12N2O4S/c18-17(19)12-6-2-4-8-14(12)20-9-10-22-15-16-11-5-1-3-7-13(11)21-15/h1-8H,9-10H2. The fourth-order valence-electron chi connectivity index (χ4n) is 1.92. The predicted molar refractivity (Wildman–Crippen MR) is 83.3 cm³/mol. The summed E-state index contributed by atoms with van der Waals surface area (Å²) in [7, 11) is 0. The van der Waals surface area contributed by atoms with Crippen LogP contribution >= 0.6 is 11.8 Å². The number of para-hydroxylation sites is 4. The highest BCUT2D eigenvalue weighted by Crippen LogP contribution is 2.27. The number of oxazole rings is 1. The molecular formula is C15H12N2O4S. The molecule has 112 valence electrons. The van der Waals surface area contributed by atoms with Gasteiger partial charge in [-0.25, -0.2) is 4.98 Å². The average molecular weight is 316 g/mol. The van der Waals surface area contributed by atoms with Crippen molar-refractivity contribution in [3.05, 3.63) is 58.6 Å². The molecule has 0 radical (unpaired) electrons. The Morgan fingerprint density at radius 3 is 2.77 bits per heavy atom. The second kappa shape index (κ2) is 6.48. The van der Waals surface area contributed by atoms with Crippen molar-refractivity contribution in [3.8, 4) is 5.75 Å². The molecule has 3 rings (SSSR count). The van der Waals surface area contributed by atoms with Crippen LogP contribution in [0, 0.1) is 10.1 Å². The molecule has 0 N–H and O–H groups in total. The topological polar surface area (TPSA) is 78.4 Å². The van der Waals surface area contributed by atoms with Crippen molar-refractivity contribution < 1.29 is 14.1 Å². The molecule has 6 nitrogen and oxygen atoms in total. The van der Waals surface area contributed by atoms with E-state index in [1.165, 1.54) is 17.8 Å². The van der Waals surface area contributed by atoms with Gasteiger partial charge in [0.05, 0.1) is 11.5 Å².